The summed E-state index contributed by atoms with van der Waals surface area (Å²) in [7, 11) is 0. The standard InChI is InChI=1S/C13H25N3/c1-6-10(3)13(14-7-2)9-16-12(5)8-11(4)15-16/h8,10,13-14H,6-7,9H2,1-5H3. The van der Waals surface area contributed by atoms with Crippen LogP contribution in [0.15, 0.2) is 6.07 Å². The number of nitrogens with one attached hydrogen (secondary N) is 1. The summed E-state index contributed by atoms with van der Waals surface area (Å²) in [5.74, 6) is 0.684. The molecule has 3 heteroatoms. The Balaban J connectivity index is 2.71. The number of likely N-dealkylation sites (N-methyl/N-ethyl adjacent to an activating group) is 1. The maximum Gasteiger partial charge on any atom is 0.0596 e. The van der Waals surface area contributed by atoms with Crippen LogP contribution in [0.4, 0.5) is 0 Å². The lowest BCUT2D eigenvalue weighted by Crippen LogP contribution is -2.38. The smallest absolute Gasteiger partial charge is 0.0596 e. The normalized spacial score (nSPS) is 15.1. The third-order valence-corrected chi connectivity index (χ3v) is 3.27. The number of aromatic nitrogens is 2. The van der Waals surface area contributed by atoms with E-state index < -0.39 is 0 Å². The summed E-state index contributed by atoms with van der Waals surface area (Å²) < 4.78 is 2.12. The summed E-state index contributed by atoms with van der Waals surface area (Å²) in [5, 5.41) is 8.08. The van der Waals surface area contributed by atoms with Crippen molar-refractivity contribution >= 4 is 0 Å². The van der Waals surface area contributed by atoms with Crippen LogP contribution in [0.2, 0.25) is 0 Å². The molecule has 16 heavy (non-hydrogen) atoms. The minimum absolute atomic E-state index is 0.521. The minimum Gasteiger partial charge on any atom is -0.312 e. The van der Waals surface area contributed by atoms with Gasteiger partial charge in [0.2, 0.25) is 0 Å². The first-order valence-corrected chi connectivity index (χ1v) is 6.32. The van der Waals surface area contributed by atoms with Crippen LogP contribution >= 0.6 is 0 Å². The van der Waals surface area contributed by atoms with Crippen LogP contribution in [-0.4, -0.2) is 22.4 Å². The summed E-state index contributed by atoms with van der Waals surface area (Å²) in [5.41, 5.74) is 2.36. The SMILES string of the molecule is CCNC(Cn1nc(C)cc1C)C(C)CC. The van der Waals surface area contributed by atoms with Crippen LogP contribution in [0.3, 0.4) is 0 Å². The Morgan fingerprint density at radius 2 is 2.06 bits per heavy atom. The van der Waals surface area contributed by atoms with Gasteiger partial charge in [0, 0.05) is 11.7 Å². The average molecular weight is 223 g/mol. The van der Waals surface area contributed by atoms with Crippen molar-refractivity contribution in [2.24, 2.45) is 5.92 Å². The van der Waals surface area contributed by atoms with Crippen molar-refractivity contribution < 1.29 is 0 Å². The van der Waals surface area contributed by atoms with Crippen molar-refractivity contribution in [1.82, 2.24) is 15.1 Å². The van der Waals surface area contributed by atoms with E-state index in [1.807, 2.05) is 0 Å². The molecule has 1 N–H and O–H groups in total. The number of aryl methyl sites for hydroxylation is 2. The highest BCUT2D eigenvalue weighted by molar-refractivity contribution is 5.06. The summed E-state index contributed by atoms with van der Waals surface area (Å²) >= 11 is 0. The molecule has 0 fully saturated rings. The Morgan fingerprint density at radius 1 is 1.38 bits per heavy atom. The maximum atomic E-state index is 4.53. The molecule has 0 saturated heterocycles. The summed E-state index contributed by atoms with van der Waals surface area (Å²) in [6.45, 7) is 12.9. The average Bonchev–Trinajstić information content (AvgIpc) is 2.55. The van der Waals surface area contributed by atoms with Crippen LogP contribution in [0, 0.1) is 19.8 Å². The van der Waals surface area contributed by atoms with E-state index in [4.69, 9.17) is 0 Å². The lowest BCUT2D eigenvalue weighted by Gasteiger charge is -2.24. The van der Waals surface area contributed by atoms with Crippen molar-refractivity contribution in [2.75, 3.05) is 6.54 Å². The van der Waals surface area contributed by atoms with Crippen LogP contribution in [0.25, 0.3) is 0 Å². The van der Waals surface area contributed by atoms with E-state index in [1.165, 1.54) is 12.1 Å². The highest BCUT2D eigenvalue weighted by atomic mass is 15.3. The fraction of sp³-hybridized carbons (Fsp3) is 0.769. The molecule has 2 atom stereocenters. The van der Waals surface area contributed by atoms with Crippen molar-refractivity contribution in [2.45, 2.75) is 53.6 Å². The molecule has 0 spiro atoms. The number of hydrogen-bond acceptors (Lipinski definition) is 2. The Hall–Kier alpha value is -0.830. The molecular formula is C13H25N3. The predicted octanol–water partition coefficient (Wildman–Crippen LogP) is 2.52. The largest absolute Gasteiger partial charge is 0.312 e. The molecular weight excluding hydrogens is 198 g/mol. The van der Waals surface area contributed by atoms with Crippen LogP contribution in [0.5, 0.6) is 0 Å². The van der Waals surface area contributed by atoms with E-state index in [0.29, 0.717) is 12.0 Å². The lowest BCUT2D eigenvalue weighted by molar-refractivity contribution is 0.321. The summed E-state index contributed by atoms with van der Waals surface area (Å²) in [6.07, 6.45) is 1.21. The van der Waals surface area contributed by atoms with E-state index in [1.54, 1.807) is 0 Å². The first-order valence-electron chi connectivity index (χ1n) is 6.32. The molecule has 1 rings (SSSR count). The molecule has 1 aromatic rings. The van der Waals surface area contributed by atoms with Gasteiger partial charge in [0.05, 0.1) is 12.2 Å². The fourth-order valence-electron chi connectivity index (χ4n) is 2.04. The number of nitrogens with zero attached hydrogens (tertiary/aromatic N) is 2. The Labute approximate surface area is 99.2 Å². The van der Waals surface area contributed by atoms with Crippen LogP contribution in [0.1, 0.15) is 38.6 Å². The first-order chi connectivity index (χ1) is 7.58. The van der Waals surface area contributed by atoms with E-state index >= 15 is 0 Å². The second kappa shape index (κ2) is 6.04. The molecule has 3 nitrogen and oxygen atoms in total. The second-order valence-electron chi connectivity index (χ2n) is 4.66. The molecule has 0 aliphatic heterocycles. The molecule has 92 valence electrons. The topological polar surface area (TPSA) is 29.9 Å². The highest BCUT2D eigenvalue weighted by Crippen LogP contribution is 2.11. The van der Waals surface area contributed by atoms with Crippen LogP contribution < -0.4 is 5.32 Å². The van der Waals surface area contributed by atoms with Gasteiger partial charge in [0.15, 0.2) is 0 Å². The quantitative estimate of drug-likeness (QED) is 0.803. The van der Waals surface area contributed by atoms with E-state index in [-0.39, 0.29) is 0 Å². The lowest BCUT2D eigenvalue weighted by atomic mass is 9.99. The van der Waals surface area contributed by atoms with Gasteiger partial charge in [-0.25, -0.2) is 0 Å². The molecule has 0 aromatic carbocycles. The fourth-order valence-corrected chi connectivity index (χ4v) is 2.04. The predicted molar refractivity (Wildman–Crippen MR) is 68.6 cm³/mol. The molecule has 1 aromatic heterocycles. The third-order valence-electron chi connectivity index (χ3n) is 3.27. The van der Waals surface area contributed by atoms with Crippen LogP contribution in [-0.2, 0) is 6.54 Å². The van der Waals surface area contributed by atoms with Gasteiger partial charge >= 0.3 is 0 Å². The zero-order valence-corrected chi connectivity index (χ0v) is 11.2. The van der Waals surface area contributed by atoms with Crippen molar-refractivity contribution in [3.63, 3.8) is 0 Å². The van der Waals surface area contributed by atoms with Crippen molar-refractivity contribution in [1.29, 1.82) is 0 Å². The highest BCUT2D eigenvalue weighted by Gasteiger charge is 2.16. The zero-order valence-electron chi connectivity index (χ0n) is 11.2. The van der Waals surface area contributed by atoms with E-state index in [0.717, 1.165) is 18.8 Å². The van der Waals surface area contributed by atoms with Gasteiger partial charge in [-0.1, -0.05) is 27.2 Å². The summed E-state index contributed by atoms with van der Waals surface area (Å²) in [6, 6.07) is 2.66. The molecule has 2 unspecified atom stereocenters. The van der Waals surface area contributed by atoms with Gasteiger partial charge < -0.3 is 5.32 Å². The number of rotatable bonds is 6. The molecule has 0 aliphatic rings. The Morgan fingerprint density at radius 3 is 2.50 bits per heavy atom. The molecule has 0 aliphatic carbocycles. The first kappa shape index (κ1) is 13.2. The van der Waals surface area contributed by atoms with Crippen molar-refractivity contribution in [3.8, 4) is 0 Å². The molecule has 0 radical (unpaired) electrons. The third kappa shape index (κ3) is 3.34. The molecule has 1 heterocycles. The van der Waals surface area contributed by atoms with Crippen molar-refractivity contribution in [3.05, 3.63) is 17.5 Å². The monoisotopic (exact) mass is 223 g/mol. The maximum absolute atomic E-state index is 4.53. The van der Waals surface area contributed by atoms with Gasteiger partial charge in [0.1, 0.15) is 0 Å². The molecule has 0 saturated carbocycles. The number of hydrogen-bond donors (Lipinski definition) is 1. The Bertz CT molecular complexity index is 317. The van der Waals surface area contributed by atoms with Gasteiger partial charge in [-0.05, 0) is 32.4 Å². The minimum atomic E-state index is 0.521. The second-order valence-corrected chi connectivity index (χ2v) is 4.66. The van der Waals surface area contributed by atoms with E-state index in [2.05, 4.69) is 55.8 Å². The Kier molecular flexibility index (Phi) is 5.00. The van der Waals surface area contributed by atoms with Gasteiger partial charge in [-0.15, -0.1) is 0 Å². The van der Waals surface area contributed by atoms with Gasteiger partial charge in [-0.2, -0.15) is 5.10 Å². The van der Waals surface area contributed by atoms with E-state index in [9.17, 15) is 0 Å². The molecule has 0 bridgehead atoms. The summed E-state index contributed by atoms with van der Waals surface area (Å²) in [4.78, 5) is 0. The van der Waals surface area contributed by atoms with Gasteiger partial charge in [-0.3, -0.25) is 4.68 Å². The zero-order chi connectivity index (χ0) is 12.1. The molecule has 0 amide bonds. The van der Waals surface area contributed by atoms with Gasteiger partial charge in [0.25, 0.3) is 0 Å².